The Labute approximate surface area is 113 Å². The minimum Gasteiger partial charge on any atom is -0.409 e. The molecule has 1 aromatic heterocycles. The highest BCUT2D eigenvalue weighted by Crippen LogP contribution is 2.01. The van der Waals surface area contributed by atoms with Gasteiger partial charge in [0.2, 0.25) is 0 Å². The van der Waals surface area contributed by atoms with Gasteiger partial charge in [0.15, 0.2) is 5.84 Å². The summed E-state index contributed by atoms with van der Waals surface area (Å²) in [5, 5.41) is 14.7. The number of ether oxygens (including phenoxy) is 1. The molecule has 1 heterocycles. The van der Waals surface area contributed by atoms with Gasteiger partial charge < -0.3 is 21.0 Å². The Morgan fingerprint density at radius 2 is 2.42 bits per heavy atom. The Balaban J connectivity index is 2.28. The third kappa shape index (κ3) is 5.98. The smallest absolute Gasteiger partial charge is 0.188 e. The zero-order chi connectivity index (χ0) is 13.9. The van der Waals surface area contributed by atoms with Crippen molar-refractivity contribution in [3.05, 3.63) is 42.2 Å². The van der Waals surface area contributed by atoms with Crippen LogP contribution in [-0.4, -0.2) is 35.8 Å². The molecule has 1 aromatic rings. The molecule has 104 valence electrons. The number of nitrogens with two attached hydrogens (primary N) is 1. The normalized spacial score (nSPS) is 11.5. The zero-order valence-corrected chi connectivity index (χ0v) is 10.9. The van der Waals surface area contributed by atoms with Crippen LogP contribution in [0.3, 0.4) is 0 Å². The Bertz CT molecular complexity index is 421. The molecular weight excluding hydrogens is 244 g/mol. The molecule has 4 N–H and O–H groups in total. The highest BCUT2D eigenvalue weighted by atomic mass is 16.5. The van der Waals surface area contributed by atoms with E-state index in [0.717, 1.165) is 18.5 Å². The maximum atomic E-state index is 8.58. The largest absolute Gasteiger partial charge is 0.409 e. The first-order valence-corrected chi connectivity index (χ1v) is 6.10. The lowest BCUT2D eigenvalue weighted by Crippen LogP contribution is -2.20. The van der Waals surface area contributed by atoms with E-state index in [-0.39, 0.29) is 5.84 Å². The van der Waals surface area contributed by atoms with Crippen molar-refractivity contribution in [1.82, 2.24) is 10.3 Å². The van der Waals surface area contributed by atoms with E-state index in [1.807, 2.05) is 12.1 Å². The van der Waals surface area contributed by atoms with Crippen LogP contribution in [0.4, 0.5) is 0 Å². The maximum absolute atomic E-state index is 8.58. The van der Waals surface area contributed by atoms with Crippen LogP contribution >= 0.6 is 0 Å². The number of hydrogen-bond donors (Lipinski definition) is 3. The van der Waals surface area contributed by atoms with Gasteiger partial charge in [-0.1, -0.05) is 11.2 Å². The second-order valence-electron chi connectivity index (χ2n) is 3.90. The van der Waals surface area contributed by atoms with Crippen molar-refractivity contribution in [2.75, 3.05) is 19.8 Å². The molecule has 0 aliphatic rings. The summed E-state index contributed by atoms with van der Waals surface area (Å²) < 4.78 is 5.37. The van der Waals surface area contributed by atoms with Crippen LogP contribution in [0.5, 0.6) is 0 Å². The van der Waals surface area contributed by atoms with Crippen molar-refractivity contribution in [2.24, 2.45) is 10.9 Å². The molecule has 0 fully saturated rings. The molecule has 0 amide bonds. The number of nitrogens with zero attached hydrogens (tertiary/aromatic N) is 2. The topological polar surface area (TPSA) is 92.8 Å². The van der Waals surface area contributed by atoms with Gasteiger partial charge in [-0.25, -0.2) is 0 Å². The number of nitrogens with one attached hydrogen (secondary N) is 1. The third-order valence-electron chi connectivity index (χ3n) is 2.41. The molecule has 0 aliphatic carbocycles. The van der Waals surface area contributed by atoms with Crippen molar-refractivity contribution in [3.63, 3.8) is 0 Å². The minimum atomic E-state index is 0.00890. The van der Waals surface area contributed by atoms with E-state index in [0.29, 0.717) is 25.5 Å². The van der Waals surface area contributed by atoms with Crippen LogP contribution in [0.1, 0.15) is 17.7 Å². The van der Waals surface area contributed by atoms with Gasteiger partial charge in [-0.15, -0.1) is 6.58 Å². The number of oxime groups is 1. The average Bonchev–Trinajstić information content (AvgIpc) is 2.46. The van der Waals surface area contributed by atoms with Crippen molar-refractivity contribution in [2.45, 2.75) is 13.0 Å². The van der Waals surface area contributed by atoms with E-state index in [4.69, 9.17) is 15.7 Å². The molecule has 0 bridgehead atoms. The SMILES string of the molecule is C=CCCOCCNCc1ccnc(/C(N)=N\O)c1. The number of pyridine rings is 1. The summed E-state index contributed by atoms with van der Waals surface area (Å²) in [4.78, 5) is 4.01. The minimum absolute atomic E-state index is 0.00890. The molecule has 6 heteroatoms. The molecule has 0 aliphatic heterocycles. The van der Waals surface area contributed by atoms with E-state index >= 15 is 0 Å². The first-order chi connectivity index (χ1) is 9.27. The van der Waals surface area contributed by atoms with Gasteiger partial charge in [-0.3, -0.25) is 4.98 Å². The molecule has 19 heavy (non-hydrogen) atoms. The van der Waals surface area contributed by atoms with E-state index in [1.165, 1.54) is 0 Å². The Morgan fingerprint density at radius 3 is 3.16 bits per heavy atom. The fourth-order valence-electron chi connectivity index (χ4n) is 1.42. The second-order valence-corrected chi connectivity index (χ2v) is 3.90. The first kappa shape index (κ1) is 15.1. The third-order valence-corrected chi connectivity index (χ3v) is 2.41. The highest BCUT2D eigenvalue weighted by Gasteiger charge is 2.01. The second kappa shape index (κ2) is 9.07. The van der Waals surface area contributed by atoms with Gasteiger partial charge in [-0.2, -0.15) is 0 Å². The molecule has 0 spiro atoms. The fourth-order valence-corrected chi connectivity index (χ4v) is 1.42. The Morgan fingerprint density at radius 1 is 1.58 bits per heavy atom. The van der Waals surface area contributed by atoms with Crippen LogP contribution in [-0.2, 0) is 11.3 Å². The molecule has 0 saturated carbocycles. The lowest BCUT2D eigenvalue weighted by molar-refractivity contribution is 0.140. The highest BCUT2D eigenvalue weighted by molar-refractivity contribution is 5.95. The first-order valence-electron chi connectivity index (χ1n) is 6.10. The molecule has 0 radical (unpaired) electrons. The van der Waals surface area contributed by atoms with Crippen LogP contribution in [0.2, 0.25) is 0 Å². The molecule has 0 aromatic carbocycles. The lowest BCUT2D eigenvalue weighted by atomic mass is 10.2. The molecule has 6 nitrogen and oxygen atoms in total. The fraction of sp³-hybridized carbons (Fsp3) is 0.385. The van der Waals surface area contributed by atoms with Crippen LogP contribution in [0, 0.1) is 0 Å². The number of hydrogen-bond acceptors (Lipinski definition) is 5. The summed E-state index contributed by atoms with van der Waals surface area (Å²) in [6, 6.07) is 3.65. The summed E-state index contributed by atoms with van der Waals surface area (Å²) in [6.07, 6.45) is 4.33. The summed E-state index contributed by atoms with van der Waals surface area (Å²) in [5.41, 5.74) is 6.95. The summed E-state index contributed by atoms with van der Waals surface area (Å²) in [6.45, 7) is 6.43. The predicted octanol–water partition coefficient (Wildman–Crippen LogP) is 0.858. The van der Waals surface area contributed by atoms with Crippen molar-refractivity contribution in [3.8, 4) is 0 Å². The molecular formula is C13H20N4O2. The van der Waals surface area contributed by atoms with Crippen LogP contribution in [0.15, 0.2) is 36.1 Å². The Hall–Kier alpha value is -1.92. The van der Waals surface area contributed by atoms with Crippen molar-refractivity contribution < 1.29 is 9.94 Å². The molecule has 0 saturated heterocycles. The van der Waals surface area contributed by atoms with Gasteiger partial charge in [0.1, 0.15) is 5.69 Å². The summed E-state index contributed by atoms with van der Waals surface area (Å²) in [5.74, 6) is 0.00890. The van der Waals surface area contributed by atoms with Gasteiger partial charge >= 0.3 is 0 Å². The van der Waals surface area contributed by atoms with Gasteiger partial charge in [0.05, 0.1) is 13.2 Å². The predicted molar refractivity (Wildman–Crippen MR) is 74.1 cm³/mol. The zero-order valence-electron chi connectivity index (χ0n) is 10.9. The maximum Gasteiger partial charge on any atom is 0.188 e. The van der Waals surface area contributed by atoms with E-state index in [9.17, 15) is 0 Å². The van der Waals surface area contributed by atoms with Gasteiger partial charge in [0.25, 0.3) is 0 Å². The molecule has 1 rings (SSSR count). The molecule has 0 atom stereocenters. The van der Waals surface area contributed by atoms with E-state index in [2.05, 4.69) is 22.0 Å². The number of rotatable bonds is 9. The summed E-state index contributed by atoms with van der Waals surface area (Å²) in [7, 11) is 0. The quantitative estimate of drug-likeness (QED) is 0.154. The van der Waals surface area contributed by atoms with Crippen LogP contribution in [0.25, 0.3) is 0 Å². The number of amidine groups is 1. The Kier molecular flexibility index (Phi) is 7.23. The lowest BCUT2D eigenvalue weighted by Gasteiger charge is -2.06. The van der Waals surface area contributed by atoms with Gasteiger partial charge in [-0.05, 0) is 24.1 Å². The number of aromatic nitrogens is 1. The van der Waals surface area contributed by atoms with E-state index in [1.54, 1.807) is 12.3 Å². The van der Waals surface area contributed by atoms with Crippen LogP contribution < -0.4 is 11.1 Å². The standard InChI is InChI=1S/C13H20N4O2/c1-2-3-7-19-8-6-15-10-11-4-5-16-12(9-11)13(14)17-18/h2,4-5,9,15,18H,1,3,6-8,10H2,(H2,14,17). The van der Waals surface area contributed by atoms with Crippen molar-refractivity contribution in [1.29, 1.82) is 0 Å². The average molecular weight is 264 g/mol. The monoisotopic (exact) mass is 264 g/mol. The van der Waals surface area contributed by atoms with E-state index < -0.39 is 0 Å². The molecule has 0 unspecified atom stereocenters. The summed E-state index contributed by atoms with van der Waals surface area (Å²) >= 11 is 0. The van der Waals surface area contributed by atoms with Gasteiger partial charge in [0, 0.05) is 19.3 Å². The van der Waals surface area contributed by atoms with Crippen molar-refractivity contribution >= 4 is 5.84 Å².